The van der Waals surface area contributed by atoms with Gasteiger partial charge in [0, 0.05) is 46.4 Å². The fourth-order valence-corrected chi connectivity index (χ4v) is 7.01. The van der Waals surface area contributed by atoms with E-state index in [4.69, 9.17) is 4.74 Å². The number of aliphatic hydroxyl groups excluding tert-OH is 1. The normalized spacial score (nSPS) is 23.5. The summed E-state index contributed by atoms with van der Waals surface area (Å²) in [4.78, 5) is 16.4. The summed E-state index contributed by atoms with van der Waals surface area (Å²) < 4.78 is 34.6. The summed E-state index contributed by atoms with van der Waals surface area (Å²) in [6.07, 6.45) is 8.78. The quantitative estimate of drug-likeness (QED) is 0.396. The minimum Gasteiger partial charge on any atom is -0.390 e. The molecule has 1 aliphatic carbocycles. The van der Waals surface area contributed by atoms with E-state index in [1.165, 1.54) is 4.31 Å². The van der Waals surface area contributed by atoms with Crippen LogP contribution in [-0.4, -0.2) is 92.2 Å². The topological polar surface area (TPSA) is 102 Å². The van der Waals surface area contributed by atoms with Gasteiger partial charge in [0.1, 0.15) is 0 Å². The zero-order chi connectivity index (χ0) is 26.4. The number of aliphatic hydroxyl groups is 1. The van der Waals surface area contributed by atoms with Crippen LogP contribution in [0.4, 0.5) is 0 Å². The summed E-state index contributed by atoms with van der Waals surface area (Å²) in [7, 11) is -0.340. The lowest BCUT2D eigenvalue weighted by Crippen LogP contribution is -2.52. The zero-order valence-electron chi connectivity index (χ0n) is 21.8. The molecule has 1 aromatic carbocycles. The van der Waals surface area contributed by atoms with E-state index >= 15 is 0 Å². The Kier molecular flexibility index (Phi) is 9.28. The molecule has 10 heteroatoms. The molecule has 0 saturated carbocycles. The molecule has 0 aromatic heterocycles. The van der Waals surface area contributed by atoms with Gasteiger partial charge in [0.25, 0.3) is 10.0 Å². The second kappa shape index (κ2) is 12.4. The Morgan fingerprint density at radius 3 is 2.65 bits per heavy atom. The lowest BCUT2D eigenvalue weighted by molar-refractivity contribution is -0.123. The van der Waals surface area contributed by atoms with Crippen molar-refractivity contribution in [1.29, 1.82) is 0 Å². The summed E-state index contributed by atoms with van der Waals surface area (Å²) >= 11 is 0. The second-order valence-corrected chi connectivity index (χ2v) is 12.3. The molecule has 3 aliphatic rings. The Balaban J connectivity index is 1.53. The minimum atomic E-state index is -3.90. The number of ether oxygens (including phenoxy) is 1. The molecule has 2 aliphatic heterocycles. The van der Waals surface area contributed by atoms with Crippen LogP contribution in [0.2, 0.25) is 0 Å². The fraction of sp³-hybridized carbons (Fsp3) is 0.593. The van der Waals surface area contributed by atoms with E-state index in [1.807, 2.05) is 42.3 Å². The van der Waals surface area contributed by atoms with Crippen LogP contribution in [0.3, 0.4) is 0 Å². The van der Waals surface area contributed by atoms with Crippen LogP contribution in [0.1, 0.15) is 37.7 Å². The highest BCUT2D eigenvalue weighted by molar-refractivity contribution is 7.92. The molecule has 4 atom stereocenters. The Bertz CT molecular complexity index is 1070. The van der Waals surface area contributed by atoms with Gasteiger partial charge in [-0.15, -0.1) is 0 Å². The van der Waals surface area contributed by atoms with Crippen molar-refractivity contribution in [1.82, 2.24) is 19.4 Å². The third-order valence-corrected chi connectivity index (χ3v) is 9.16. The number of nitrogens with zero attached hydrogens (tertiary/aromatic N) is 3. The Labute approximate surface area is 220 Å². The van der Waals surface area contributed by atoms with Gasteiger partial charge in [-0.3, -0.25) is 4.79 Å². The predicted molar refractivity (Wildman–Crippen MR) is 143 cm³/mol. The highest BCUT2D eigenvalue weighted by Gasteiger charge is 2.37. The first-order chi connectivity index (χ1) is 17.7. The molecule has 1 saturated heterocycles. The molecule has 37 heavy (non-hydrogen) atoms. The number of allylic oxidation sites excluding steroid dienone is 2. The summed E-state index contributed by atoms with van der Waals surface area (Å²) in [6, 6.07) is 8.99. The zero-order valence-corrected chi connectivity index (χ0v) is 22.6. The fourth-order valence-electron chi connectivity index (χ4n) is 5.27. The SMILES string of the molecule is CN1C=C(S(=O)(=O)N(CC2CCCO2)CC(O)C(Cc2ccccc2)NC(=O)CC2C=CCC2)N(C)C1. The maximum absolute atomic E-state index is 13.8. The number of hydrogen-bond acceptors (Lipinski definition) is 7. The van der Waals surface area contributed by atoms with Crippen molar-refractivity contribution >= 4 is 15.9 Å². The van der Waals surface area contributed by atoms with Crippen molar-refractivity contribution in [2.75, 3.05) is 40.5 Å². The molecule has 0 spiro atoms. The number of sulfonamides is 1. The number of amides is 1. The van der Waals surface area contributed by atoms with Crippen molar-refractivity contribution in [3.05, 3.63) is 59.3 Å². The van der Waals surface area contributed by atoms with Crippen molar-refractivity contribution < 1.29 is 23.1 Å². The maximum atomic E-state index is 13.8. The average Bonchev–Trinajstić information content (AvgIpc) is 3.62. The maximum Gasteiger partial charge on any atom is 0.260 e. The van der Waals surface area contributed by atoms with Crippen LogP contribution in [0.5, 0.6) is 0 Å². The van der Waals surface area contributed by atoms with Gasteiger partial charge >= 0.3 is 0 Å². The van der Waals surface area contributed by atoms with E-state index < -0.39 is 22.2 Å². The number of hydrogen-bond donors (Lipinski definition) is 2. The van der Waals surface area contributed by atoms with Crippen LogP contribution < -0.4 is 5.32 Å². The first-order valence-electron chi connectivity index (χ1n) is 13.2. The molecule has 0 bridgehead atoms. The van der Waals surface area contributed by atoms with Crippen LogP contribution in [0.15, 0.2) is 53.7 Å². The standard InChI is InChI=1S/C27H40N4O5S/c1-29-19-27(30(2)20-29)37(34,35)31(17-23-13-8-14-36-23)18-25(32)24(15-21-9-4-3-5-10-21)28-26(33)16-22-11-6-7-12-22/h3-6,9-11,19,22-25,32H,7-8,12-18,20H2,1-2H3,(H,28,33). The molecule has 1 amide bonds. The third-order valence-electron chi connectivity index (χ3n) is 7.24. The van der Waals surface area contributed by atoms with Gasteiger partial charge in [0.05, 0.1) is 24.9 Å². The Morgan fingerprint density at radius 2 is 2.03 bits per heavy atom. The van der Waals surface area contributed by atoms with Crippen LogP contribution >= 0.6 is 0 Å². The molecular formula is C27H40N4O5S. The lowest BCUT2D eigenvalue weighted by atomic mass is 9.99. The summed E-state index contributed by atoms with van der Waals surface area (Å²) in [5, 5.41) is 14.6. The first-order valence-corrected chi connectivity index (χ1v) is 14.6. The van der Waals surface area contributed by atoms with E-state index in [1.54, 1.807) is 18.1 Å². The van der Waals surface area contributed by atoms with Crippen molar-refractivity contribution in [3.8, 4) is 0 Å². The van der Waals surface area contributed by atoms with E-state index in [2.05, 4.69) is 17.5 Å². The first kappa shape index (κ1) is 27.6. The molecule has 2 N–H and O–H groups in total. The molecule has 0 radical (unpaired) electrons. The number of carbonyl (C=O) groups excluding carboxylic acids is 1. The third kappa shape index (κ3) is 7.34. The summed E-state index contributed by atoms with van der Waals surface area (Å²) in [5.74, 6) is 0.0673. The van der Waals surface area contributed by atoms with Crippen LogP contribution in [-0.2, 0) is 26.0 Å². The van der Waals surface area contributed by atoms with E-state index in [0.717, 1.165) is 31.2 Å². The smallest absolute Gasteiger partial charge is 0.260 e. The van der Waals surface area contributed by atoms with Crippen molar-refractivity contribution in [2.24, 2.45) is 5.92 Å². The van der Waals surface area contributed by atoms with E-state index in [0.29, 0.717) is 26.1 Å². The van der Waals surface area contributed by atoms with Gasteiger partial charge in [-0.2, -0.15) is 4.31 Å². The van der Waals surface area contributed by atoms with Crippen molar-refractivity contribution in [2.45, 2.75) is 56.8 Å². The van der Waals surface area contributed by atoms with E-state index in [-0.39, 0.29) is 36.0 Å². The average molecular weight is 533 g/mol. The highest BCUT2D eigenvalue weighted by atomic mass is 32.2. The monoisotopic (exact) mass is 532 g/mol. The number of carbonyl (C=O) groups is 1. The molecule has 1 aromatic rings. The predicted octanol–water partition coefficient (Wildman–Crippen LogP) is 1.88. The molecule has 2 heterocycles. The number of rotatable bonds is 12. The minimum absolute atomic E-state index is 0.134. The van der Waals surface area contributed by atoms with Crippen LogP contribution in [0.25, 0.3) is 0 Å². The lowest BCUT2D eigenvalue weighted by Gasteiger charge is -2.32. The number of nitrogens with one attached hydrogen (secondary N) is 1. The molecule has 4 rings (SSSR count). The van der Waals surface area contributed by atoms with Gasteiger partial charge in [0.2, 0.25) is 5.91 Å². The molecule has 9 nitrogen and oxygen atoms in total. The molecule has 1 fully saturated rings. The van der Waals surface area contributed by atoms with Gasteiger partial charge in [0.15, 0.2) is 5.03 Å². The van der Waals surface area contributed by atoms with Gasteiger partial charge < -0.3 is 25.0 Å². The van der Waals surface area contributed by atoms with E-state index in [9.17, 15) is 18.3 Å². The van der Waals surface area contributed by atoms with Crippen molar-refractivity contribution in [3.63, 3.8) is 0 Å². The Hall–Kier alpha value is -2.40. The van der Waals surface area contributed by atoms with Crippen LogP contribution in [0, 0.1) is 5.92 Å². The summed E-state index contributed by atoms with van der Waals surface area (Å²) in [5.41, 5.74) is 0.959. The van der Waals surface area contributed by atoms with Gasteiger partial charge in [-0.1, -0.05) is 42.5 Å². The second-order valence-electron chi connectivity index (χ2n) is 10.4. The number of benzene rings is 1. The Morgan fingerprint density at radius 1 is 1.24 bits per heavy atom. The molecule has 204 valence electrons. The largest absolute Gasteiger partial charge is 0.390 e. The summed E-state index contributed by atoms with van der Waals surface area (Å²) in [6.45, 7) is 1.09. The van der Waals surface area contributed by atoms with Gasteiger partial charge in [-0.25, -0.2) is 8.42 Å². The van der Waals surface area contributed by atoms with Gasteiger partial charge in [-0.05, 0) is 43.6 Å². The molecular weight excluding hydrogens is 492 g/mol. The highest BCUT2D eigenvalue weighted by Crippen LogP contribution is 2.25. The molecule has 4 unspecified atom stereocenters.